The van der Waals surface area contributed by atoms with E-state index >= 15 is 0 Å². The van der Waals surface area contributed by atoms with Crippen LogP contribution in [0.4, 0.5) is 0 Å². The fourth-order valence-corrected chi connectivity index (χ4v) is 16.1. The summed E-state index contributed by atoms with van der Waals surface area (Å²) < 4.78 is 0. The molecule has 9 heteroatoms. The quantitative estimate of drug-likeness (QED) is 0.164. The first kappa shape index (κ1) is 22.1. The second-order valence-electron chi connectivity index (χ2n) is 10.5. The van der Waals surface area contributed by atoms with Gasteiger partial charge in [-0.15, -0.1) is 0 Å². The van der Waals surface area contributed by atoms with E-state index in [0.717, 1.165) is 0 Å². The van der Waals surface area contributed by atoms with Crippen LogP contribution in [-0.2, 0) is 0 Å². The van der Waals surface area contributed by atoms with E-state index in [1.165, 1.54) is 62.8 Å². The molecule has 5 aromatic carbocycles. The Labute approximate surface area is 252 Å². The highest BCUT2D eigenvalue weighted by atomic mass is 32.2. The Morgan fingerprint density at radius 1 is 0.333 bits per heavy atom. The van der Waals surface area contributed by atoms with Gasteiger partial charge >= 0.3 is 15.8 Å². The molecule has 0 atom stereocenters. The summed E-state index contributed by atoms with van der Waals surface area (Å²) in [5.74, 6) is 0. The third-order valence-corrected chi connectivity index (χ3v) is 16.7. The maximum atomic E-state index is 2.58. The third kappa shape index (κ3) is 2.70. The van der Waals surface area contributed by atoms with Crippen molar-refractivity contribution >= 4 is 102 Å². The first-order chi connectivity index (χ1) is 19.3. The van der Waals surface area contributed by atoms with Gasteiger partial charge in [0.25, 0.3) is 0 Å². The van der Waals surface area contributed by atoms with Gasteiger partial charge in [-0.2, -0.15) is 69.7 Å². The van der Waals surface area contributed by atoms with Crippen LogP contribution in [0.1, 0.15) is 0 Å². The smallest absolute Gasteiger partial charge is 0.154 e. The molecule has 39 heavy (non-hydrogen) atoms. The van der Waals surface area contributed by atoms with Gasteiger partial charge in [0.1, 0.15) is 0 Å². The first-order valence-corrected chi connectivity index (χ1v) is 18.3. The van der Waals surface area contributed by atoms with Crippen molar-refractivity contribution in [3.8, 4) is 44.5 Å². The van der Waals surface area contributed by atoms with Crippen molar-refractivity contribution in [2.75, 3.05) is 0 Å². The van der Waals surface area contributed by atoms with Gasteiger partial charge in [0.2, 0.25) is 0 Å². The van der Waals surface area contributed by atoms with Gasteiger partial charge in [0.15, 0.2) is 0 Å². The molecule has 0 amide bonds. The molecule has 6 heterocycles. The molecular formula is C30H13B3S6. The predicted octanol–water partition coefficient (Wildman–Crippen LogP) is 8.07. The van der Waals surface area contributed by atoms with Gasteiger partial charge in [0.05, 0.1) is 0 Å². The molecule has 11 rings (SSSR count). The van der Waals surface area contributed by atoms with Gasteiger partial charge < -0.3 is 0 Å². The van der Waals surface area contributed by atoms with E-state index < -0.39 is 0 Å². The van der Waals surface area contributed by atoms with Crippen LogP contribution in [0.5, 0.6) is 0 Å². The Morgan fingerprint density at radius 2 is 0.744 bits per heavy atom. The van der Waals surface area contributed by atoms with Crippen LogP contribution in [0.3, 0.4) is 0 Å². The Morgan fingerprint density at radius 3 is 1.28 bits per heavy atom. The molecule has 0 spiro atoms. The van der Waals surface area contributed by atoms with E-state index in [-0.39, 0.29) is 0 Å². The van der Waals surface area contributed by atoms with Crippen LogP contribution in [0.25, 0.3) is 44.5 Å². The molecule has 0 nitrogen and oxygen atoms in total. The minimum atomic E-state index is 0.408. The van der Waals surface area contributed by atoms with Crippen molar-refractivity contribution in [1.82, 2.24) is 0 Å². The van der Waals surface area contributed by atoms with Gasteiger partial charge in [-0.3, -0.25) is 0 Å². The zero-order valence-corrected chi connectivity index (χ0v) is 25.1. The molecule has 0 saturated heterocycles. The molecule has 0 aromatic heterocycles. The van der Waals surface area contributed by atoms with Crippen LogP contribution < -0.4 is 16.4 Å². The first-order valence-electron chi connectivity index (χ1n) is 13.1. The normalized spacial score (nSPS) is 17.0. The molecule has 0 N–H and O–H groups in total. The van der Waals surface area contributed by atoms with E-state index in [9.17, 15) is 0 Å². The molecule has 0 aliphatic carbocycles. The van der Waals surface area contributed by atoms with Crippen LogP contribution in [0.15, 0.2) is 108 Å². The second kappa shape index (κ2) is 7.61. The van der Waals surface area contributed by atoms with Crippen molar-refractivity contribution in [1.29, 1.82) is 0 Å². The molecule has 0 fully saturated rings. The minimum Gasteiger partial charge on any atom is -0.154 e. The molecule has 5 aromatic rings. The maximum absolute atomic E-state index is 2.58. The monoisotopic (exact) mass is 598 g/mol. The summed E-state index contributed by atoms with van der Waals surface area (Å²) in [6.07, 6.45) is 0. The van der Waals surface area contributed by atoms with Crippen LogP contribution in [-0.4, -0.2) is 15.8 Å². The Bertz CT molecular complexity index is 1880. The third-order valence-electron chi connectivity index (χ3n) is 8.67. The zero-order chi connectivity index (χ0) is 25.0. The fraction of sp³-hybridized carbons (Fsp3) is 0. The minimum absolute atomic E-state index is 0.408. The zero-order valence-electron chi connectivity index (χ0n) is 20.2. The largest absolute Gasteiger partial charge is 0.318 e. The number of benzene rings is 5. The summed E-state index contributed by atoms with van der Waals surface area (Å²) in [4.78, 5) is 8.76. The fourth-order valence-electron chi connectivity index (χ4n) is 7.16. The molecule has 0 bridgehead atoms. The lowest BCUT2D eigenvalue weighted by Crippen LogP contribution is -2.45. The van der Waals surface area contributed by atoms with E-state index in [4.69, 9.17) is 0 Å². The van der Waals surface area contributed by atoms with Crippen LogP contribution >= 0.6 is 69.7 Å². The lowest BCUT2D eigenvalue weighted by molar-refractivity contribution is 1.31. The van der Waals surface area contributed by atoms with E-state index in [1.54, 1.807) is 27.5 Å². The van der Waals surface area contributed by atoms with E-state index in [2.05, 4.69) is 149 Å². The van der Waals surface area contributed by atoms with Crippen LogP contribution in [0, 0.1) is 0 Å². The molecule has 6 aliphatic heterocycles. The number of fused-ring (bicyclic) bond motifs is 4. The molecular weight excluding hydrogens is 585 g/mol. The summed E-state index contributed by atoms with van der Waals surface area (Å²) >= 11 is 12.5. The van der Waals surface area contributed by atoms with E-state index in [1.807, 2.05) is 0 Å². The van der Waals surface area contributed by atoms with Gasteiger partial charge in [-0.1, -0.05) is 48.5 Å². The molecule has 6 aliphatic rings. The summed E-state index contributed by atoms with van der Waals surface area (Å²) in [6, 6.07) is 30.3. The Hall–Kier alpha value is -1.61. The average Bonchev–Trinajstić information content (AvgIpc) is 2.97. The molecule has 0 unspecified atom stereocenters. The SMILES string of the molecule is c1ccc2c(c1)SB1Sc3cc4c5c6c3-c3c(ccc-2c31)SB6Sc1ccc2c(c1-5)B(Sc1ccccc1-2)S4. The Balaban J connectivity index is 1.24. The van der Waals surface area contributed by atoms with Crippen molar-refractivity contribution < 1.29 is 0 Å². The summed E-state index contributed by atoms with van der Waals surface area (Å²) in [7, 11) is 0. The van der Waals surface area contributed by atoms with Crippen molar-refractivity contribution in [2.45, 2.75) is 29.4 Å². The highest BCUT2D eigenvalue weighted by Gasteiger charge is 2.49. The van der Waals surface area contributed by atoms with Crippen molar-refractivity contribution in [3.63, 3.8) is 0 Å². The van der Waals surface area contributed by atoms with Crippen molar-refractivity contribution in [3.05, 3.63) is 78.9 Å². The van der Waals surface area contributed by atoms with Crippen molar-refractivity contribution in [2.24, 2.45) is 0 Å². The number of hydrogen-bond donors (Lipinski definition) is 0. The molecule has 178 valence electrons. The predicted molar refractivity (Wildman–Crippen MR) is 179 cm³/mol. The lowest BCUT2D eigenvalue weighted by atomic mass is 9.69. The van der Waals surface area contributed by atoms with Gasteiger partial charge in [-0.05, 0) is 91.2 Å². The highest BCUT2D eigenvalue weighted by molar-refractivity contribution is 8.57. The Kier molecular flexibility index (Phi) is 4.30. The lowest BCUT2D eigenvalue weighted by Gasteiger charge is -2.43. The topological polar surface area (TPSA) is 0 Å². The number of rotatable bonds is 0. The summed E-state index contributed by atoms with van der Waals surface area (Å²) in [6.45, 7) is 0. The maximum Gasteiger partial charge on any atom is 0.318 e. The molecule has 0 radical (unpaired) electrons. The number of hydrogen-bond acceptors (Lipinski definition) is 6. The standard InChI is InChI=1S/C30H13B3S6/c1-3-7-18-14(5-1)16-9-11-20-24-26-22(38-31(34-18)28(16)24)13-23-27-25-21(37-33(36-20)30(26)27)12-10-17-15-6-2-4-8-19(15)35-32(39-23)29(17)25/h1-13H. The summed E-state index contributed by atoms with van der Waals surface area (Å²) in [5, 5.41) is 1.23. The van der Waals surface area contributed by atoms with Crippen LogP contribution in [0.2, 0.25) is 0 Å². The molecule has 0 saturated carbocycles. The average molecular weight is 598 g/mol. The van der Waals surface area contributed by atoms with Gasteiger partial charge in [0, 0.05) is 29.4 Å². The second-order valence-corrected chi connectivity index (χ2v) is 18.3. The summed E-state index contributed by atoms with van der Waals surface area (Å²) in [5.41, 5.74) is 16.6. The highest BCUT2D eigenvalue weighted by Crippen LogP contribution is 2.60. The van der Waals surface area contributed by atoms with E-state index in [0.29, 0.717) is 15.8 Å². The van der Waals surface area contributed by atoms with Gasteiger partial charge in [-0.25, -0.2) is 0 Å².